The average molecular weight is 140 g/mol. The summed E-state index contributed by atoms with van der Waals surface area (Å²) in [6.07, 6.45) is 1.54. The summed E-state index contributed by atoms with van der Waals surface area (Å²) in [6, 6.07) is 0. The van der Waals surface area contributed by atoms with Gasteiger partial charge in [-0.15, -0.1) is 11.3 Å². The number of hydrogen-bond donors (Lipinski definition) is 2. The Labute approximate surface area is 55.0 Å². The zero-order valence-corrected chi connectivity index (χ0v) is 5.27. The first-order chi connectivity index (χ1) is 4.38. The fourth-order valence-electron chi connectivity index (χ4n) is 0.733. The van der Waals surface area contributed by atoms with Crippen molar-refractivity contribution in [2.24, 2.45) is 0 Å². The predicted molar refractivity (Wildman–Crippen MR) is 35.6 cm³/mol. The highest BCUT2D eigenvalue weighted by Gasteiger charge is 2.01. The van der Waals surface area contributed by atoms with Crippen molar-refractivity contribution >= 4 is 21.7 Å². The Morgan fingerprint density at radius 2 is 2.56 bits per heavy atom. The van der Waals surface area contributed by atoms with Crippen LogP contribution < -0.4 is 0 Å². The van der Waals surface area contributed by atoms with E-state index in [9.17, 15) is 0 Å². The molecular weight excluding hydrogens is 136 g/mol. The molecule has 2 rings (SSSR count). The van der Waals surface area contributed by atoms with Crippen LogP contribution in [0, 0.1) is 0 Å². The maximum Gasteiger partial charge on any atom is 0.160 e. The largest absolute Gasteiger partial charge is 0.504 e. The summed E-state index contributed by atoms with van der Waals surface area (Å²) in [5.74, 6) is 0.228. The van der Waals surface area contributed by atoms with Crippen LogP contribution >= 0.6 is 11.3 Å². The van der Waals surface area contributed by atoms with E-state index in [1.807, 2.05) is 0 Å². The normalized spacial score (nSPS) is 10.7. The molecule has 0 spiro atoms. The van der Waals surface area contributed by atoms with E-state index in [4.69, 9.17) is 5.11 Å². The molecule has 0 aliphatic heterocycles. The molecule has 0 bridgehead atoms. The Bertz CT molecular complexity index is 324. The summed E-state index contributed by atoms with van der Waals surface area (Å²) in [7, 11) is 0. The molecule has 0 aromatic carbocycles. The first-order valence-electron chi connectivity index (χ1n) is 2.47. The van der Waals surface area contributed by atoms with Gasteiger partial charge in [-0.3, -0.25) is 0 Å². The quantitative estimate of drug-likeness (QED) is 0.580. The molecule has 0 aliphatic carbocycles. The van der Waals surface area contributed by atoms with Crippen molar-refractivity contribution in [3.8, 4) is 5.75 Å². The lowest BCUT2D eigenvalue weighted by atomic mass is 10.5. The van der Waals surface area contributed by atoms with Gasteiger partial charge < -0.3 is 10.1 Å². The molecule has 4 heteroatoms. The molecule has 2 aromatic rings. The van der Waals surface area contributed by atoms with Gasteiger partial charge in [0, 0.05) is 6.20 Å². The molecule has 2 N–H and O–H groups in total. The van der Waals surface area contributed by atoms with Crippen molar-refractivity contribution in [1.82, 2.24) is 9.97 Å². The van der Waals surface area contributed by atoms with E-state index in [0.717, 1.165) is 4.83 Å². The minimum Gasteiger partial charge on any atom is -0.504 e. The summed E-state index contributed by atoms with van der Waals surface area (Å²) >= 11 is 1.48. The first kappa shape index (κ1) is 4.81. The van der Waals surface area contributed by atoms with E-state index in [1.165, 1.54) is 17.5 Å². The van der Waals surface area contributed by atoms with Crippen LogP contribution in [0.15, 0.2) is 11.7 Å². The molecule has 0 fully saturated rings. The lowest BCUT2D eigenvalue weighted by molar-refractivity contribution is 0.480. The van der Waals surface area contributed by atoms with Gasteiger partial charge in [0.25, 0.3) is 0 Å². The second-order valence-corrected chi connectivity index (χ2v) is 2.56. The lowest BCUT2D eigenvalue weighted by Crippen LogP contribution is -1.56. The van der Waals surface area contributed by atoms with Gasteiger partial charge in [-0.2, -0.15) is 0 Å². The molecular formula is C5H4N2OS. The van der Waals surface area contributed by atoms with Crippen molar-refractivity contribution < 1.29 is 5.11 Å². The molecule has 3 nitrogen and oxygen atoms in total. The molecule has 2 heterocycles. The van der Waals surface area contributed by atoms with Gasteiger partial charge in [0.2, 0.25) is 0 Å². The van der Waals surface area contributed by atoms with Crippen molar-refractivity contribution in [2.75, 3.05) is 0 Å². The van der Waals surface area contributed by atoms with Gasteiger partial charge in [0.05, 0.1) is 5.51 Å². The summed E-state index contributed by atoms with van der Waals surface area (Å²) in [5, 5.41) is 9.01. The standard InChI is InChI=1S/C5H4N2OS/c8-3-1-6-5-4(3)7-2-9-5/h1-2,6,8H. The number of hydrogen-bond acceptors (Lipinski definition) is 3. The summed E-state index contributed by atoms with van der Waals surface area (Å²) in [6.45, 7) is 0. The second kappa shape index (κ2) is 1.48. The van der Waals surface area contributed by atoms with Gasteiger partial charge in [0.15, 0.2) is 5.75 Å². The highest BCUT2D eigenvalue weighted by atomic mass is 32.1. The maximum atomic E-state index is 9.01. The molecule has 0 saturated heterocycles. The fourth-order valence-corrected chi connectivity index (χ4v) is 1.39. The van der Waals surface area contributed by atoms with Crippen molar-refractivity contribution in [3.05, 3.63) is 11.7 Å². The molecule has 0 aliphatic rings. The lowest BCUT2D eigenvalue weighted by Gasteiger charge is -1.74. The Morgan fingerprint density at radius 3 is 3.33 bits per heavy atom. The Balaban J connectivity index is 2.99. The Kier molecular flexibility index (Phi) is 0.790. The van der Waals surface area contributed by atoms with Crippen LogP contribution in [-0.4, -0.2) is 15.1 Å². The number of rotatable bonds is 0. The monoisotopic (exact) mass is 140 g/mol. The fraction of sp³-hybridized carbons (Fsp3) is 0. The molecule has 0 radical (unpaired) electrons. The highest BCUT2D eigenvalue weighted by Crippen LogP contribution is 2.24. The first-order valence-corrected chi connectivity index (χ1v) is 3.35. The van der Waals surface area contributed by atoms with E-state index >= 15 is 0 Å². The number of aromatic amines is 1. The van der Waals surface area contributed by atoms with E-state index in [0.29, 0.717) is 5.52 Å². The zero-order valence-electron chi connectivity index (χ0n) is 4.46. The van der Waals surface area contributed by atoms with Crippen molar-refractivity contribution in [2.45, 2.75) is 0 Å². The average Bonchev–Trinajstić information content (AvgIpc) is 2.35. The number of fused-ring (bicyclic) bond motifs is 1. The van der Waals surface area contributed by atoms with Gasteiger partial charge in [-0.25, -0.2) is 4.98 Å². The van der Waals surface area contributed by atoms with Crippen molar-refractivity contribution in [1.29, 1.82) is 0 Å². The molecule has 2 aromatic heterocycles. The van der Waals surface area contributed by atoms with Crippen LogP contribution in [0.4, 0.5) is 0 Å². The molecule has 46 valence electrons. The van der Waals surface area contributed by atoms with E-state index in [1.54, 1.807) is 5.51 Å². The molecule has 0 atom stereocenters. The number of aromatic hydroxyl groups is 1. The molecule has 0 saturated carbocycles. The number of H-pyrrole nitrogens is 1. The summed E-state index contributed by atoms with van der Waals surface area (Å²) in [5.41, 5.74) is 2.36. The zero-order chi connectivity index (χ0) is 6.27. The third-order valence-electron chi connectivity index (χ3n) is 1.15. The van der Waals surface area contributed by atoms with Crippen LogP contribution in [-0.2, 0) is 0 Å². The predicted octanol–water partition coefficient (Wildman–Crippen LogP) is 1.33. The number of nitrogens with one attached hydrogen (secondary N) is 1. The maximum absolute atomic E-state index is 9.01. The minimum absolute atomic E-state index is 0.228. The Morgan fingerprint density at radius 1 is 1.67 bits per heavy atom. The minimum atomic E-state index is 0.228. The van der Waals surface area contributed by atoms with Gasteiger partial charge in [-0.05, 0) is 0 Å². The van der Waals surface area contributed by atoms with Crippen LogP contribution in [0.25, 0.3) is 10.3 Å². The van der Waals surface area contributed by atoms with Crippen LogP contribution in [0.5, 0.6) is 5.75 Å². The molecule has 9 heavy (non-hydrogen) atoms. The number of nitrogens with zero attached hydrogens (tertiary/aromatic N) is 1. The third-order valence-corrected chi connectivity index (χ3v) is 1.91. The molecule has 0 unspecified atom stereocenters. The van der Waals surface area contributed by atoms with Gasteiger partial charge in [-0.1, -0.05) is 0 Å². The molecule has 0 amide bonds. The van der Waals surface area contributed by atoms with E-state index in [-0.39, 0.29) is 5.75 Å². The third kappa shape index (κ3) is 0.533. The van der Waals surface area contributed by atoms with E-state index in [2.05, 4.69) is 9.97 Å². The Hall–Kier alpha value is -1.03. The summed E-state index contributed by atoms with van der Waals surface area (Å²) in [4.78, 5) is 7.71. The number of aromatic nitrogens is 2. The number of thiazole rings is 1. The SMILES string of the molecule is Oc1c[nH]c2scnc12. The van der Waals surface area contributed by atoms with Gasteiger partial charge in [0.1, 0.15) is 10.3 Å². The smallest absolute Gasteiger partial charge is 0.160 e. The van der Waals surface area contributed by atoms with E-state index < -0.39 is 0 Å². The topological polar surface area (TPSA) is 48.9 Å². The second-order valence-electron chi connectivity index (χ2n) is 1.70. The van der Waals surface area contributed by atoms with Crippen molar-refractivity contribution in [3.63, 3.8) is 0 Å². The summed E-state index contributed by atoms with van der Waals surface area (Å²) < 4.78 is 0. The van der Waals surface area contributed by atoms with Crippen LogP contribution in [0.2, 0.25) is 0 Å². The van der Waals surface area contributed by atoms with Crippen LogP contribution in [0.1, 0.15) is 0 Å². The highest BCUT2D eigenvalue weighted by molar-refractivity contribution is 7.16. The van der Waals surface area contributed by atoms with Crippen LogP contribution in [0.3, 0.4) is 0 Å². The van der Waals surface area contributed by atoms with Gasteiger partial charge >= 0.3 is 0 Å².